The lowest BCUT2D eigenvalue weighted by Gasteiger charge is -2.35. The molecule has 0 unspecified atom stereocenters. The summed E-state index contributed by atoms with van der Waals surface area (Å²) in [6, 6.07) is 4.21. The molecule has 0 aliphatic carbocycles. The van der Waals surface area contributed by atoms with Gasteiger partial charge in [0.15, 0.2) is 11.5 Å². The number of piperidine rings is 1. The van der Waals surface area contributed by atoms with Gasteiger partial charge in [-0.15, -0.1) is 0 Å². The van der Waals surface area contributed by atoms with E-state index in [0.717, 1.165) is 69.0 Å². The van der Waals surface area contributed by atoms with Crippen LogP contribution in [0.2, 0.25) is 0 Å². The lowest BCUT2D eigenvalue weighted by Crippen LogP contribution is -2.41. The van der Waals surface area contributed by atoms with Crippen molar-refractivity contribution < 1.29 is 4.79 Å². The third kappa shape index (κ3) is 3.34. The van der Waals surface area contributed by atoms with Crippen molar-refractivity contribution in [1.29, 1.82) is 0 Å². The number of aromatic nitrogens is 5. The van der Waals surface area contributed by atoms with Gasteiger partial charge in [0.1, 0.15) is 17.5 Å². The number of aromatic amines is 1. The summed E-state index contributed by atoms with van der Waals surface area (Å²) < 4.78 is 2.27. The number of nitrogens with one attached hydrogen (secondary N) is 1. The first-order valence-electron chi connectivity index (χ1n) is 11.0. The minimum atomic E-state index is 0.188. The van der Waals surface area contributed by atoms with Gasteiger partial charge in [-0.2, -0.15) is 0 Å². The van der Waals surface area contributed by atoms with Gasteiger partial charge in [-0.05, 0) is 37.3 Å². The number of carbonyl (C=O) groups excluding carboxylic acids is 1. The Kier molecular flexibility index (Phi) is 4.92. The highest BCUT2D eigenvalue weighted by Crippen LogP contribution is 2.33. The predicted molar refractivity (Wildman–Crippen MR) is 116 cm³/mol. The van der Waals surface area contributed by atoms with E-state index in [9.17, 15) is 4.79 Å². The molecule has 158 valence electrons. The SMILES string of the molecule is CC(C)CCN1CCn2c(ccc2C2CCN(c3ncnc4nc[nH]c34)CC2)C1=O. The van der Waals surface area contributed by atoms with E-state index >= 15 is 0 Å². The van der Waals surface area contributed by atoms with E-state index in [1.807, 2.05) is 11.0 Å². The van der Waals surface area contributed by atoms with Crippen LogP contribution >= 0.6 is 0 Å². The number of imidazole rings is 1. The van der Waals surface area contributed by atoms with Crippen LogP contribution in [-0.4, -0.2) is 61.5 Å². The quantitative estimate of drug-likeness (QED) is 0.703. The van der Waals surface area contributed by atoms with E-state index in [0.29, 0.717) is 17.5 Å². The third-order valence-corrected chi connectivity index (χ3v) is 6.51. The van der Waals surface area contributed by atoms with Gasteiger partial charge in [0.05, 0.1) is 6.33 Å². The smallest absolute Gasteiger partial charge is 0.270 e. The van der Waals surface area contributed by atoms with Gasteiger partial charge in [-0.1, -0.05) is 13.8 Å². The fourth-order valence-corrected chi connectivity index (χ4v) is 4.77. The molecule has 3 aromatic heterocycles. The molecule has 3 aromatic rings. The van der Waals surface area contributed by atoms with Gasteiger partial charge in [0, 0.05) is 44.3 Å². The Morgan fingerprint density at radius 2 is 1.93 bits per heavy atom. The van der Waals surface area contributed by atoms with Crippen molar-refractivity contribution >= 4 is 22.9 Å². The summed E-state index contributed by atoms with van der Waals surface area (Å²) in [5.41, 5.74) is 3.79. The third-order valence-electron chi connectivity index (χ3n) is 6.51. The molecule has 2 aliphatic heterocycles. The van der Waals surface area contributed by atoms with Crippen molar-refractivity contribution in [2.45, 2.75) is 45.6 Å². The van der Waals surface area contributed by atoms with Crippen LogP contribution in [0.4, 0.5) is 5.82 Å². The molecule has 1 saturated heterocycles. The maximum absolute atomic E-state index is 12.9. The summed E-state index contributed by atoms with van der Waals surface area (Å²) in [5.74, 6) is 2.21. The zero-order chi connectivity index (χ0) is 20.7. The molecule has 1 N–H and O–H groups in total. The number of amides is 1. The van der Waals surface area contributed by atoms with Gasteiger partial charge < -0.3 is 19.4 Å². The highest BCUT2D eigenvalue weighted by Gasteiger charge is 2.30. The van der Waals surface area contributed by atoms with Crippen molar-refractivity contribution in [1.82, 2.24) is 29.4 Å². The number of carbonyl (C=O) groups is 1. The largest absolute Gasteiger partial charge is 0.355 e. The fraction of sp³-hybridized carbons (Fsp3) is 0.545. The van der Waals surface area contributed by atoms with Crippen molar-refractivity contribution in [3.05, 3.63) is 36.2 Å². The molecule has 5 heterocycles. The van der Waals surface area contributed by atoms with Gasteiger partial charge in [-0.3, -0.25) is 4.79 Å². The highest BCUT2D eigenvalue weighted by molar-refractivity contribution is 5.93. The van der Waals surface area contributed by atoms with Crippen LogP contribution in [0.15, 0.2) is 24.8 Å². The molecular weight excluding hydrogens is 378 g/mol. The second-order valence-corrected chi connectivity index (χ2v) is 8.83. The Labute approximate surface area is 176 Å². The van der Waals surface area contributed by atoms with E-state index in [1.165, 1.54) is 5.69 Å². The van der Waals surface area contributed by atoms with Crippen LogP contribution < -0.4 is 4.90 Å². The Morgan fingerprint density at radius 1 is 1.10 bits per heavy atom. The molecule has 0 radical (unpaired) electrons. The van der Waals surface area contributed by atoms with E-state index < -0.39 is 0 Å². The van der Waals surface area contributed by atoms with Gasteiger partial charge in [0.25, 0.3) is 5.91 Å². The average Bonchev–Trinajstić information content (AvgIpc) is 3.40. The van der Waals surface area contributed by atoms with Crippen molar-refractivity contribution in [2.75, 3.05) is 31.1 Å². The van der Waals surface area contributed by atoms with Crippen LogP contribution in [0.25, 0.3) is 11.2 Å². The first-order chi connectivity index (χ1) is 14.6. The molecular formula is C22H29N7O. The zero-order valence-corrected chi connectivity index (χ0v) is 17.7. The standard InChI is InChI=1S/C22H29N7O/c1-15(2)5-8-28-11-12-29-17(3-4-18(29)22(28)30)16-6-9-27(10-7-16)21-19-20(24-13-23-19)25-14-26-21/h3-4,13-16H,5-12H2,1-2H3,(H,23,24,25,26). The number of H-pyrrole nitrogens is 1. The summed E-state index contributed by atoms with van der Waals surface area (Å²) >= 11 is 0. The molecule has 0 bridgehead atoms. The van der Waals surface area contributed by atoms with Gasteiger partial charge in [0.2, 0.25) is 0 Å². The molecule has 0 saturated carbocycles. The number of rotatable bonds is 5. The topological polar surface area (TPSA) is 82.9 Å². The molecule has 1 fully saturated rings. The van der Waals surface area contributed by atoms with Crippen LogP contribution in [-0.2, 0) is 6.54 Å². The fourth-order valence-electron chi connectivity index (χ4n) is 4.77. The Hall–Kier alpha value is -2.90. The first kappa shape index (κ1) is 19.1. The predicted octanol–water partition coefficient (Wildman–Crippen LogP) is 3.04. The molecule has 8 nitrogen and oxygen atoms in total. The summed E-state index contributed by atoms with van der Waals surface area (Å²) in [7, 11) is 0. The number of anilines is 1. The first-order valence-corrected chi connectivity index (χ1v) is 11.0. The Balaban J connectivity index is 1.28. The molecule has 0 spiro atoms. The maximum Gasteiger partial charge on any atom is 0.270 e. The van der Waals surface area contributed by atoms with Gasteiger partial charge >= 0.3 is 0 Å². The van der Waals surface area contributed by atoms with Crippen LogP contribution in [0.1, 0.15) is 55.2 Å². The van der Waals surface area contributed by atoms with Crippen LogP contribution in [0.5, 0.6) is 0 Å². The lowest BCUT2D eigenvalue weighted by molar-refractivity contribution is 0.0694. The average molecular weight is 408 g/mol. The second kappa shape index (κ2) is 7.74. The minimum absolute atomic E-state index is 0.188. The van der Waals surface area contributed by atoms with Gasteiger partial charge in [-0.25, -0.2) is 15.0 Å². The zero-order valence-electron chi connectivity index (χ0n) is 17.7. The normalized spacial score (nSPS) is 17.9. The molecule has 1 amide bonds. The number of hydrogen-bond donors (Lipinski definition) is 1. The maximum atomic E-state index is 12.9. The van der Waals surface area contributed by atoms with E-state index in [1.54, 1.807) is 12.7 Å². The van der Waals surface area contributed by atoms with E-state index in [4.69, 9.17) is 0 Å². The Bertz CT molecular complexity index is 1040. The summed E-state index contributed by atoms with van der Waals surface area (Å²) in [4.78, 5) is 33.4. The molecule has 5 rings (SSSR count). The Morgan fingerprint density at radius 3 is 2.73 bits per heavy atom. The minimum Gasteiger partial charge on any atom is -0.355 e. The summed E-state index contributed by atoms with van der Waals surface area (Å²) in [6.45, 7) is 8.87. The molecule has 0 aromatic carbocycles. The van der Waals surface area contributed by atoms with E-state index in [-0.39, 0.29) is 5.91 Å². The highest BCUT2D eigenvalue weighted by atomic mass is 16.2. The number of hydrogen-bond acceptors (Lipinski definition) is 5. The molecule has 2 aliphatic rings. The van der Waals surface area contributed by atoms with Crippen molar-refractivity contribution in [3.63, 3.8) is 0 Å². The monoisotopic (exact) mass is 407 g/mol. The van der Waals surface area contributed by atoms with Crippen LogP contribution in [0, 0.1) is 5.92 Å². The summed E-state index contributed by atoms with van der Waals surface area (Å²) in [5, 5.41) is 0. The van der Waals surface area contributed by atoms with Crippen molar-refractivity contribution in [3.8, 4) is 0 Å². The van der Waals surface area contributed by atoms with Crippen molar-refractivity contribution in [2.24, 2.45) is 5.92 Å². The number of fused-ring (bicyclic) bond motifs is 2. The second-order valence-electron chi connectivity index (χ2n) is 8.83. The van der Waals surface area contributed by atoms with Crippen LogP contribution in [0.3, 0.4) is 0 Å². The summed E-state index contributed by atoms with van der Waals surface area (Å²) in [6.07, 6.45) is 6.42. The molecule has 0 atom stereocenters. The molecule has 30 heavy (non-hydrogen) atoms. The molecule has 8 heteroatoms. The van der Waals surface area contributed by atoms with E-state index in [2.05, 4.69) is 49.3 Å². The number of nitrogens with zero attached hydrogens (tertiary/aromatic N) is 6. The lowest BCUT2D eigenvalue weighted by atomic mass is 9.93.